The van der Waals surface area contributed by atoms with Crippen molar-refractivity contribution in [1.29, 1.82) is 0 Å². The zero-order valence-electron chi connectivity index (χ0n) is 28.1. The van der Waals surface area contributed by atoms with E-state index in [9.17, 15) is 14.4 Å². The summed E-state index contributed by atoms with van der Waals surface area (Å²) in [5.74, 6) is -0.446. The molecule has 3 atom stereocenters. The summed E-state index contributed by atoms with van der Waals surface area (Å²) >= 11 is 1.47. The van der Waals surface area contributed by atoms with Crippen molar-refractivity contribution in [2.75, 3.05) is 19.7 Å². The maximum atomic E-state index is 13.5. The lowest BCUT2D eigenvalue weighted by atomic mass is 10.0. The second kappa shape index (κ2) is 15.1. The fourth-order valence-corrected chi connectivity index (χ4v) is 6.69. The number of nitrogens with zero attached hydrogens (tertiary/aromatic N) is 1. The summed E-state index contributed by atoms with van der Waals surface area (Å²) in [5, 5.41) is 3.13. The number of ether oxygens (including phenoxy) is 1. The maximum Gasteiger partial charge on any atom is 0.329 e. The van der Waals surface area contributed by atoms with Crippen LogP contribution in [-0.2, 0) is 25.2 Å². The van der Waals surface area contributed by atoms with Crippen LogP contribution in [0.3, 0.4) is 0 Å². The Kier molecular flexibility index (Phi) is 12.3. The summed E-state index contributed by atoms with van der Waals surface area (Å²) in [7, 11) is -1.79. The van der Waals surface area contributed by atoms with Gasteiger partial charge in [-0.25, -0.2) is 4.79 Å². The van der Waals surface area contributed by atoms with Gasteiger partial charge in [0.2, 0.25) is 5.91 Å². The molecule has 7 nitrogen and oxygen atoms in total. The fourth-order valence-electron chi connectivity index (χ4n) is 4.72. The third-order valence-electron chi connectivity index (χ3n) is 8.31. The van der Waals surface area contributed by atoms with E-state index in [1.165, 1.54) is 11.3 Å². The van der Waals surface area contributed by atoms with Gasteiger partial charge >= 0.3 is 5.97 Å². The number of amides is 1. The van der Waals surface area contributed by atoms with E-state index in [1.54, 1.807) is 0 Å². The molecule has 1 amide bonds. The molecule has 242 valence electrons. The Hall–Kier alpha value is -2.59. The Morgan fingerprint density at radius 2 is 1.75 bits per heavy atom. The van der Waals surface area contributed by atoms with Crippen LogP contribution < -0.4 is 5.32 Å². The minimum Gasteiger partial charge on any atom is -0.458 e. The molecule has 44 heavy (non-hydrogen) atoms. The van der Waals surface area contributed by atoms with E-state index in [1.807, 2.05) is 68.1 Å². The van der Waals surface area contributed by atoms with Gasteiger partial charge < -0.3 is 14.5 Å². The number of nitrogens with one attached hydrogen (secondary N) is 1. The Labute approximate surface area is 269 Å². The molecule has 0 saturated carbocycles. The lowest BCUT2D eigenvalue weighted by Gasteiger charge is -2.36. The minimum absolute atomic E-state index is 0.00311. The summed E-state index contributed by atoms with van der Waals surface area (Å²) in [6.45, 7) is 20.3. The highest BCUT2D eigenvalue weighted by Crippen LogP contribution is 2.36. The molecule has 1 N–H and O–H groups in total. The number of carbonyl (C=O) groups excluding carboxylic acids is 3. The van der Waals surface area contributed by atoms with Crippen molar-refractivity contribution in [2.24, 2.45) is 5.92 Å². The molecule has 0 aliphatic carbocycles. The zero-order valence-corrected chi connectivity index (χ0v) is 29.9. The number of benzene rings is 1. The summed E-state index contributed by atoms with van der Waals surface area (Å²) in [6, 6.07) is 12.1. The highest BCUT2D eigenvalue weighted by Gasteiger charge is 2.37. The van der Waals surface area contributed by atoms with Crippen LogP contribution in [0.5, 0.6) is 0 Å². The smallest absolute Gasteiger partial charge is 0.329 e. The van der Waals surface area contributed by atoms with Crippen molar-refractivity contribution in [1.82, 2.24) is 10.2 Å². The molecule has 1 aromatic carbocycles. The molecule has 1 aromatic heterocycles. The van der Waals surface area contributed by atoms with Crippen molar-refractivity contribution < 1.29 is 23.5 Å². The van der Waals surface area contributed by atoms with Crippen LogP contribution in [0.15, 0.2) is 48.5 Å². The van der Waals surface area contributed by atoms with Crippen LogP contribution in [0, 0.1) is 5.92 Å². The van der Waals surface area contributed by atoms with Gasteiger partial charge in [-0.1, -0.05) is 64.1 Å². The number of hydrogen-bond acceptors (Lipinski definition) is 7. The highest BCUT2D eigenvalue weighted by atomic mass is 32.1. The number of likely N-dealkylation sites (tertiary alicyclic amines) is 1. The topological polar surface area (TPSA) is 84.9 Å². The summed E-state index contributed by atoms with van der Waals surface area (Å²) in [6.07, 6.45) is 5.99. The molecule has 2 unspecified atom stereocenters. The molecule has 0 spiro atoms. The molecule has 1 fully saturated rings. The van der Waals surface area contributed by atoms with Crippen LogP contribution in [0.2, 0.25) is 18.1 Å². The third kappa shape index (κ3) is 10.8. The number of thiophene rings is 1. The molecular formula is C35H52N2O5SSi. The van der Waals surface area contributed by atoms with Crippen LogP contribution in [0.25, 0.3) is 6.08 Å². The summed E-state index contributed by atoms with van der Waals surface area (Å²) in [5.41, 5.74) is 0.260. The molecule has 2 heterocycles. The Balaban J connectivity index is 1.60. The van der Waals surface area contributed by atoms with Crippen molar-refractivity contribution >= 4 is 43.4 Å². The maximum absolute atomic E-state index is 13.5. The first-order valence-electron chi connectivity index (χ1n) is 15.7. The SMILES string of the molecule is C[C@@H](/C=C/c1ccc(C(=O)CN2CCCC2C(=O)NC(Cc2ccccc2)C(=O)OC(C)(C)C)s1)CO[Si](C)(C)C(C)(C)C. The van der Waals surface area contributed by atoms with Gasteiger partial charge in [-0.2, -0.15) is 0 Å². The monoisotopic (exact) mass is 640 g/mol. The van der Waals surface area contributed by atoms with Gasteiger partial charge in [0, 0.05) is 17.9 Å². The van der Waals surface area contributed by atoms with Crippen molar-refractivity contribution in [3.8, 4) is 0 Å². The fraction of sp³-hybridized carbons (Fsp3) is 0.571. The Morgan fingerprint density at radius 3 is 2.39 bits per heavy atom. The normalized spacial score (nSPS) is 17.9. The zero-order chi connectivity index (χ0) is 32.7. The quantitative estimate of drug-likeness (QED) is 0.142. The third-order valence-corrected chi connectivity index (χ3v) is 13.9. The molecule has 9 heteroatoms. The van der Waals surface area contributed by atoms with E-state index in [-0.39, 0.29) is 29.2 Å². The molecule has 3 rings (SSSR count). The van der Waals surface area contributed by atoms with E-state index in [2.05, 4.69) is 58.3 Å². The average Bonchev–Trinajstić information content (AvgIpc) is 3.59. The van der Waals surface area contributed by atoms with Crippen molar-refractivity contribution in [2.45, 2.75) is 104 Å². The largest absolute Gasteiger partial charge is 0.458 e. The van der Waals surface area contributed by atoms with Crippen LogP contribution in [0.4, 0.5) is 0 Å². The standard InChI is InChI=1S/C35H52N2O5SSi/c1-25(24-41-44(8,9)35(5,6)7)17-18-27-19-20-31(43-27)30(38)23-37-21-13-16-29(37)32(39)36-28(33(40)42-34(2,3)4)22-26-14-11-10-12-15-26/h10-12,14-15,17-20,25,28-29H,13,16,21-24H2,1-9H3,(H,36,39)/b18-17+/t25-,28?,29?/m0/s1. The van der Waals surface area contributed by atoms with E-state index in [4.69, 9.17) is 9.16 Å². The predicted octanol–water partition coefficient (Wildman–Crippen LogP) is 7.14. The molecule has 0 radical (unpaired) electrons. The van der Waals surface area contributed by atoms with Crippen LogP contribution >= 0.6 is 11.3 Å². The van der Waals surface area contributed by atoms with Crippen molar-refractivity contribution in [3.05, 3.63) is 63.9 Å². The summed E-state index contributed by atoms with van der Waals surface area (Å²) < 4.78 is 12.0. The average molecular weight is 641 g/mol. The lowest BCUT2D eigenvalue weighted by molar-refractivity contribution is -0.158. The lowest BCUT2D eigenvalue weighted by Crippen LogP contribution is -2.52. The number of hydrogen-bond donors (Lipinski definition) is 1. The predicted molar refractivity (Wildman–Crippen MR) is 183 cm³/mol. The first kappa shape index (κ1) is 35.9. The van der Waals surface area contributed by atoms with Gasteiger partial charge in [-0.3, -0.25) is 14.5 Å². The Bertz CT molecular complexity index is 1290. The number of carbonyl (C=O) groups is 3. The van der Waals surface area contributed by atoms with Gasteiger partial charge in [0.05, 0.1) is 17.5 Å². The van der Waals surface area contributed by atoms with Gasteiger partial charge in [0.1, 0.15) is 11.6 Å². The van der Waals surface area contributed by atoms with E-state index >= 15 is 0 Å². The Morgan fingerprint density at radius 1 is 1.07 bits per heavy atom. The number of rotatable bonds is 13. The highest BCUT2D eigenvalue weighted by molar-refractivity contribution is 7.14. The molecular weight excluding hydrogens is 589 g/mol. The number of Topliss-reactive ketones (excluding diaryl/α,β-unsaturated/α-hetero) is 1. The van der Waals surface area contributed by atoms with Crippen LogP contribution in [-0.4, -0.2) is 68.3 Å². The first-order chi connectivity index (χ1) is 20.4. The number of ketones is 1. The van der Waals surface area contributed by atoms with E-state index in [0.29, 0.717) is 30.9 Å². The van der Waals surface area contributed by atoms with E-state index in [0.717, 1.165) is 16.9 Å². The van der Waals surface area contributed by atoms with Gasteiger partial charge in [0.25, 0.3) is 0 Å². The van der Waals surface area contributed by atoms with Gasteiger partial charge in [-0.05, 0) is 88.0 Å². The molecule has 0 bridgehead atoms. The van der Waals surface area contributed by atoms with E-state index < -0.39 is 32.0 Å². The minimum atomic E-state index is -1.79. The van der Waals surface area contributed by atoms with Crippen LogP contribution in [0.1, 0.15) is 81.4 Å². The molecule has 1 aliphatic rings. The summed E-state index contributed by atoms with van der Waals surface area (Å²) in [4.78, 5) is 43.4. The van der Waals surface area contributed by atoms with Gasteiger partial charge in [0.15, 0.2) is 14.1 Å². The van der Waals surface area contributed by atoms with Gasteiger partial charge in [-0.15, -0.1) is 11.3 Å². The molecule has 2 aromatic rings. The second-order valence-corrected chi connectivity index (χ2v) is 20.4. The van der Waals surface area contributed by atoms with Crippen molar-refractivity contribution in [3.63, 3.8) is 0 Å². The number of esters is 1. The molecule has 1 saturated heterocycles. The molecule has 1 aliphatic heterocycles. The second-order valence-electron chi connectivity index (χ2n) is 14.4. The first-order valence-corrected chi connectivity index (χ1v) is 19.4.